The Labute approximate surface area is 159 Å². The number of benzene rings is 2. The summed E-state index contributed by atoms with van der Waals surface area (Å²) in [5, 5.41) is 15.1. The molecular weight excluding hydrogens is 344 g/mol. The third kappa shape index (κ3) is 4.19. The predicted octanol–water partition coefficient (Wildman–Crippen LogP) is 3.11. The summed E-state index contributed by atoms with van der Waals surface area (Å²) in [6, 6.07) is 11.5. The number of hydrogen-bond donors (Lipinski definition) is 2. The monoisotopic (exact) mass is 372 g/mol. The molecule has 0 bridgehead atoms. The highest BCUT2D eigenvalue weighted by Gasteiger charge is 2.16. The second-order valence-corrected chi connectivity index (χ2v) is 7.14. The van der Waals surface area contributed by atoms with Crippen molar-refractivity contribution < 1.29 is 20.1 Å². The molecule has 7 nitrogen and oxygen atoms in total. The van der Waals surface area contributed by atoms with E-state index in [1.54, 1.807) is 0 Å². The minimum Gasteiger partial charge on any atom is -0.377 e. The second kappa shape index (κ2) is 7.65. The molecule has 0 fully saturated rings. The van der Waals surface area contributed by atoms with Crippen LogP contribution in [0.25, 0.3) is 21.8 Å². The van der Waals surface area contributed by atoms with Crippen molar-refractivity contribution >= 4 is 33.2 Å². The average Bonchev–Trinajstić information content (AvgIpc) is 2.52. The van der Waals surface area contributed by atoms with Crippen LogP contribution >= 0.6 is 0 Å². The van der Waals surface area contributed by atoms with Crippen molar-refractivity contribution in [3.05, 3.63) is 46.4 Å². The maximum absolute atomic E-state index is 8.47. The minimum absolute atomic E-state index is 1.25. The Morgan fingerprint density at radius 3 is 1.41 bits per heavy atom. The van der Waals surface area contributed by atoms with E-state index in [0.717, 1.165) is 0 Å². The second-order valence-electron chi connectivity index (χ2n) is 7.14. The van der Waals surface area contributed by atoms with Gasteiger partial charge < -0.3 is 9.80 Å². The van der Waals surface area contributed by atoms with Gasteiger partial charge in [0.05, 0.1) is 0 Å². The number of anilines is 2. The number of fused-ring (bicyclic) bond motifs is 2. The van der Waals surface area contributed by atoms with Crippen LogP contribution in [-0.2, 0) is 7.05 Å². The zero-order valence-corrected chi connectivity index (χ0v) is 17.0. The van der Waals surface area contributed by atoms with Crippen LogP contribution < -0.4 is 14.4 Å². The Morgan fingerprint density at radius 2 is 1.11 bits per heavy atom. The van der Waals surface area contributed by atoms with E-state index in [9.17, 15) is 0 Å². The van der Waals surface area contributed by atoms with Crippen molar-refractivity contribution in [1.82, 2.24) is 0 Å². The van der Waals surface area contributed by atoms with Crippen LogP contribution in [0.2, 0.25) is 0 Å². The van der Waals surface area contributed by atoms with Crippen molar-refractivity contribution in [2.45, 2.75) is 13.8 Å². The van der Waals surface area contributed by atoms with Gasteiger partial charge in [-0.2, -0.15) is 4.57 Å². The molecule has 144 valence electrons. The van der Waals surface area contributed by atoms with E-state index in [1.165, 1.54) is 44.3 Å². The summed E-state index contributed by atoms with van der Waals surface area (Å²) in [5.74, 6) is 0. The summed E-state index contributed by atoms with van der Waals surface area (Å²) in [6.45, 7) is 4.36. The highest BCUT2D eigenvalue weighted by Crippen LogP contribution is 2.29. The summed E-state index contributed by atoms with van der Waals surface area (Å²) in [6.07, 6.45) is 0. The summed E-state index contributed by atoms with van der Waals surface area (Å²) < 4.78 is 2.31. The van der Waals surface area contributed by atoms with Crippen LogP contribution in [0.4, 0.5) is 11.4 Å². The molecule has 3 aromatic rings. The maximum atomic E-state index is 8.47. The molecular formula is C20H28N4O3+2. The van der Waals surface area contributed by atoms with E-state index >= 15 is 0 Å². The van der Waals surface area contributed by atoms with E-state index in [1.807, 2.05) is 0 Å². The molecule has 0 unspecified atom stereocenters. The standard InChI is InChI=1S/C20H26N3.H2NO3/c1-13-8-15-10-16-9-14(2)18(22(5)6)12-20(16)23(7)19(15)11-17(13)21(3)4;2-1(3)4/h8-12H,1-7H3;(H2,2,3,4)/q2*+1. The van der Waals surface area contributed by atoms with Crippen molar-refractivity contribution in [3.8, 4) is 0 Å². The fourth-order valence-corrected chi connectivity index (χ4v) is 3.49. The van der Waals surface area contributed by atoms with Crippen LogP contribution in [0.5, 0.6) is 0 Å². The lowest BCUT2D eigenvalue weighted by molar-refractivity contribution is -0.969. The Hall–Kier alpha value is -3.09. The summed E-state index contributed by atoms with van der Waals surface area (Å²) in [5.41, 5.74) is 7.69. The van der Waals surface area contributed by atoms with E-state index in [-0.39, 0.29) is 0 Å². The molecule has 0 spiro atoms. The Kier molecular flexibility index (Phi) is 5.73. The summed E-state index contributed by atoms with van der Waals surface area (Å²) in [7, 11) is 10.6. The van der Waals surface area contributed by atoms with Gasteiger partial charge in [0.2, 0.25) is 11.0 Å². The van der Waals surface area contributed by atoms with E-state index < -0.39 is 5.09 Å². The number of nitrogens with zero attached hydrogens (tertiary/aromatic N) is 4. The van der Waals surface area contributed by atoms with E-state index in [2.05, 4.69) is 93.8 Å². The van der Waals surface area contributed by atoms with Crippen LogP contribution in [0.15, 0.2) is 30.3 Å². The molecule has 0 aliphatic carbocycles. The zero-order chi connectivity index (χ0) is 20.5. The minimum atomic E-state index is -1.25. The molecule has 0 amide bonds. The smallest absolute Gasteiger partial charge is 0.377 e. The van der Waals surface area contributed by atoms with Gasteiger partial charge in [-0.3, -0.25) is 0 Å². The molecule has 3 rings (SSSR count). The van der Waals surface area contributed by atoms with Gasteiger partial charge >= 0.3 is 5.09 Å². The molecule has 1 heterocycles. The van der Waals surface area contributed by atoms with Crippen LogP contribution in [0, 0.1) is 18.8 Å². The highest BCUT2D eigenvalue weighted by molar-refractivity contribution is 5.92. The van der Waals surface area contributed by atoms with Gasteiger partial charge in [0.15, 0.2) is 0 Å². The number of aromatic nitrogens is 1. The van der Waals surface area contributed by atoms with Gasteiger partial charge in [-0.25, -0.2) is 10.4 Å². The Bertz CT molecular complexity index is 937. The van der Waals surface area contributed by atoms with Crippen molar-refractivity contribution in [2.75, 3.05) is 38.0 Å². The fourth-order valence-electron chi connectivity index (χ4n) is 3.49. The quantitative estimate of drug-likeness (QED) is 0.411. The first-order valence-corrected chi connectivity index (χ1v) is 8.60. The lowest BCUT2D eigenvalue weighted by Gasteiger charge is -2.17. The van der Waals surface area contributed by atoms with Gasteiger partial charge in [0, 0.05) is 62.5 Å². The lowest BCUT2D eigenvalue weighted by atomic mass is 10.0. The molecule has 2 N–H and O–H groups in total. The number of hydrogen-bond acceptors (Lipinski definition) is 3. The van der Waals surface area contributed by atoms with Gasteiger partial charge in [0.25, 0.3) is 0 Å². The third-order valence-electron chi connectivity index (χ3n) is 4.69. The van der Waals surface area contributed by atoms with Gasteiger partial charge in [0.1, 0.15) is 12.0 Å². The number of aryl methyl sites for hydroxylation is 3. The first-order valence-electron chi connectivity index (χ1n) is 8.60. The number of pyridine rings is 1. The van der Waals surface area contributed by atoms with Crippen molar-refractivity contribution in [2.24, 2.45) is 7.05 Å². The molecule has 2 aromatic carbocycles. The fraction of sp³-hybridized carbons (Fsp3) is 0.350. The predicted molar refractivity (Wildman–Crippen MR) is 108 cm³/mol. The lowest BCUT2D eigenvalue weighted by Crippen LogP contribution is -2.30. The molecule has 0 saturated heterocycles. The Balaban J connectivity index is 0.000000596. The number of rotatable bonds is 2. The molecule has 7 heteroatoms. The average molecular weight is 372 g/mol. The molecule has 0 atom stereocenters. The first-order chi connectivity index (χ1) is 12.5. The van der Waals surface area contributed by atoms with Gasteiger partial charge in [-0.15, -0.1) is 0 Å². The molecule has 0 aliphatic rings. The van der Waals surface area contributed by atoms with Gasteiger partial charge in [-0.05, 0) is 43.2 Å². The van der Waals surface area contributed by atoms with E-state index in [4.69, 9.17) is 15.3 Å². The van der Waals surface area contributed by atoms with Gasteiger partial charge in [-0.1, -0.05) is 0 Å². The molecule has 0 radical (unpaired) electrons. The summed E-state index contributed by atoms with van der Waals surface area (Å²) >= 11 is 0. The van der Waals surface area contributed by atoms with Crippen LogP contribution in [0.1, 0.15) is 11.1 Å². The SMILES string of the molecule is Cc1cc2cc3cc(C)c(N(C)C)cc3[n+](C)c2cc1N(C)C.O=[N+](O)O. The first kappa shape index (κ1) is 20.2. The molecule has 0 saturated carbocycles. The topological polar surface area (TPSA) is 70.9 Å². The van der Waals surface area contributed by atoms with E-state index in [0.29, 0.717) is 0 Å². The molecule has 0 aliphatic heterocycles. The van der Waals surface area contributed by atoms with Crippen LogP contribution in [-0.4, -0.2) is 43.7 Å². The van der Waals surface area contributed by atoms with Crippen LogP contribution in [0.3, 0.4) is 0 Å². The molecule has 27 heavy (non-hydrogen) atoms. The Morgan fingerprint density at radius 1 is 0.778 bits per heavy atom. The van der Waals surface area contributed by atoms with Crippen molar-refractivity contribution in [3.63, 3.8) is 0 Å². The third-order valence-corrected chi connectivity index (χ3v) is 4.69. The summed E-state index contributed by atoms with van der Waals surface area (Å²) in [4.78, 5) is 12.8. The largest absolute Gasteiger partial charge is 0.472 e. The normalized spacial score (nSPS) is 10.5. The van der Waals surface area contributed by atoms with Crippen molar-refractivity contribution in [1.29, 1.82) is 0 Å². The zero-order valence-electron chi connectivity index (χ0n) is 17.0. The highest BCUT2D eigenvalue weighted by atomic mass is 16.9. The molecule has 1 aromatic heterocycles. The maximum Gasteiger partial charge on any atom is 0.472 e.